The summed E-state index contributed by atoms with van der Waals surface area (Å²) in [6, 6.07) is 17.5. The molecule has 3 rings (SSSR count). The summed E-state index contributed by atoms with van der Waals surface area (Å²) in [4.78, 5) is 26.2. The lowest BCUT2D eigenvalue weighted by Gasteiger charge is -2.22. The Kier molecular flexibility index (Phi) is 4.40. The summed E-state index contributed by atoms with van der Waals surface area (Å²) in [5, 5.41) is 11.8. The van der Waals surface area contributed by atoms with Gasteiger partial charge >= 0.3 is 6.03 Å². The van der Waals surface area contributed by atoms with Crippen LogP contribution in [0.1, 0.15) is 18.1 Å². The second kappa shape index (κ2) is 6.65. The summed E-state index contributed by atoms with van der Waals surface area (Å²) < 4.78 is 5.56. The van der Waals surface area contributed by atoms with Gasteiger partial charge in [0, 0.05) is 0 Å². The Labute approximate surface area is 145 Å². The quantitative estimate of drug-likeness (QED) is 0.851. The molecule has 1 atom stereocenters. The Morgan fingerprint density at radius 2 is 1.92 bits per heavy atom. The van der Waals surface area contributed by atoms with Gasteiger partial charge in [-0.05, 0) is 36.8 Å². The van der Waals surface area contributed by atoms with Crippen LogP contribution in [0.5, 0.6) is 5.75 Å². The molecule has 1 aliphatic rings. The normalized spacial score (nSPS) is 19.4. The number of nitrogens with one attached hydrogen (secondary N) is 1. The van der Waals surface area contributed by atoms with E-state index in [2.05, 4.69) is 5.32 Å². The number of para-hydroxylation sites is 1. The highest BCUT2D eigenvalue weighted by atomic mass is 16.5. The molecule has 0 aliphatic carbocycles. The molecule has 1 N–H and O–H groups in total. The van der Waals surface area contributed by atoms with E-state index < -0.39 is 11.6 Å². The first-order chi connectivity index (χ1) is 12.0. The topological polar surface area (TPSA) is 82.4 Å². The number of nitriles is 1. The number of carbonyl (C=O) groups excluding carboxylic acids is 2. The molecule has 1 fully saturated rings. The molecular weight excluding hydrogens is 318 g/mol. The smallest absolute Gasteiger partial charge is 0.325 e. The van der Waals surface area contributed by atoms with Crippen molar-refractivity contribution in [2.45, 2.75) is 12.5 Å². The van der Waals surface area contributed by atoms with Gasteiger partial charge in [0.15, 0.2) is 0 Å². The Morgan fingerprint density at radius 1 is 1.16 bits per heavy atom. The standard InChI is InChI=1S/C19H17N3O3/c1-19(15-7-5-6-14(12-15)13-20)17(23)22(18(24)21-19)10-11-25-16-8-3-2-4-9-16/h2-9,12H,10-11H2,1H3,(H,21,24). The van der Waals surface area contributed by atoms with Crippen LogP contribution in [0.4, 0.5) is 4.79 Å². The molecule has 0 spiro atoms. The first-order valence-corrected chi connectivity index (χ1v) is 7.87. The third kappa shape index (κ3) is 3.17. The molecule has 6 nitrogen and oxygen atoms in total. The van der Waals surface area contributed by atoms with Crippen molar-refractivity contribution in [3.05, 3.63) is 65.7 Å². The SMILES string of the molecule is CC1(c2cccc(C#N)c2)NC(=O)N(CCOc2ccccc2)C1=O. The van der Waals surface area contributed by atoms with E-state index in [1.54, 1.807) is 31.2 Å². The summed E-state index contributed by atoms with van der Waals surface area (Å²) in [7, 11) is 0. The molecule has 1 heterocycles. The first-order valence-electron chi connectivity index (χ1n) is 7.87. The fourth-order valence-corrected chi connectivity index (χ4v) is 2.77. The number of hydrogen-bond donors (Lipinski definition) is 1. The predicted octanol–water partition coefficient (Wildman–Crippen LogP) is 2.40. The van der Waals surface area contributed by atoms with Gasteiger partial charge in [0.25, 0.3) is 5.91 Å². The maximum Gasteiger partial charge on any atom is 0.325 e. The van der Waals surface area contributed by atoms with E-state index in [4.69, 9.17) is 10.00 Å². The van der Waals surface area contributed by atoms with Crippen LogP contribution in [0.15, 0.2) is 54.6 Å². The van der Waals surface area contributed by atoms with E-state index in [-0.39, 0.29) is 19.1 Å². The number of urea groups is 1. The molecule has 2 aromatic carbocycles. The van der Waals surface area contributed by atoms with Crippen LogP contribution < -0.4 is 10.1 Å². The number of rotatable bonds is 5. The zero-order valence-electron chi connectivity index (χ0n) is 13.7. The van der Waals surface area contributed by atoms with E-state index >= 15 is 0 Å². The van der Waals surface area contributed by atoms with Gasteiger partial charge in [0.1, 0.15) is 17.9 Å². The molecule has 0 radical (unpaired) electrons. The van der Waals surface area contributed by atoms with E-state index in [1.807, 2.05) is 36.4 Å². The molecule has 3 amide bonds. The van der Waals surface area contributed by atoms with Gasteiger partial charge in [-0.3, -0.25) is 9.69 Å². The molecule has 1 aliphatic heterocycles. The average Bonchev–Trinajstić information content (AvgIpc) is 2.86. The fraction of sp³-hybridized carbons (Fsp3) is 0.211. The summed E-state index contributed by atoms with van der Waals surface area (Å²) in [6.07, 6.45) is 0. The zero-order chi connectivity index (χ0) is 17.9. The molecule has 126 valence electrons. The lowest BCUT2D eigenvalue weighted by atomic mass is 9.91. The van der Waals surface area contributed by atoms with E-state index in [0.29, 0.717) is 16.9 Å². The summed E-state index contributed by atoms with van der Waals surface area (Å²) in [5.41, 5.74) is -0.167. The average molecular weight is 335 g/mol. The van der Waals surface area contributed by atoms with Crippen LogP contribution in [-0.2, 0) is 10.3 Å². The Balaban J connectivity index is 1.72. The highest BCUT2D eigenvalue weighted by Gasteiger charge is 2.48. The number of hydrogen-bond acceptors (Lipinski definition) is 4. The summed E-state index contributed by atoms with van der Waals surface area (Å²) in [6.45, 7) is 1.99. The molecule has 0 bridgehead atoms. The highest BCUT2D eigenvalue weighted by molar-refractivity contribution is 6.07. The van der Waals surface area contributed by atoms with E-state index in [9.17, 15) is 9.59 Å². The monoisotopic (exact) mass is 335 g/mol. The predicted molar refractivity (Wildman–Crippen MR) is 90.7 cm³/mol. The van der Waals surface area contributed by atoms with Crippen molar-refractivity contribution in [3.63, 3.8) is 0 Å². The van der Waals surface area contributed by atoms with Gasteiger partial charge < -0.3 is 10.1 Å². The highest BCUT2D eigenvalue weighted by Crippen LogP contribution is 2.29. The molecular formula is C19H17N3O3. The first kappa shape index (κ1) is 16.5. The van der Waals surface area contributed by atoms with Gasteiger partial charge in [-0.15, -0.1) is 0 Å². The molecule has 1 unspecified atom stereocenters. The second-order valence-electron chi connectivity index (χ2n) is 5.87. The van der Waals surface area contributed by atoms with Gasteiger partial charge in [-0.25, -0.2) is 4.79 Å². The minimum atomic E-state index is -1.18. The largest absolute Gasteiger partial charge is 0.492 e. The van der Waals surface area contributed by atoms with Gasteiger partial charge in [0.05, 0.1) is 18.2 Å². The van der Waals surface area contributed by atoms with Crippen molar-refractivity contribution >= 4 is 11.9 Å². The third-order valence-corrected chi connectivity index (χ3v) is 4.17. The van der Waals surface area contributed by atoms with Crippen LogP contribution in [0.25, 0.3) is 0 Å². The van der Waals surface area contributed by atoms with Crippen molar-refractivity contribution in [1.29, 1.82) is 5.26 Å². The zero-order valence-corrected chi connectivity index (χ0v) is 13.7. The molecule has 6 heteroatoms. The van der Waals surface area contributed by atoms with Crippen molar-refractivity contribution in [2.75, 3.05) is 13.2 Å². The molecule has 0 aromatic heterocycles. The van der Waals surface area contributed by atoms with E-state index in [1.165, 1.54) is 0 Å². The Bertz CT molecular complexity index is 844. The van der Waals surface area contributed by atoms with Gasteiger partial charge in [-0.1, -0.05) is 30.3 Å². The van der Waals surface area contributed by atoms with Gasteiger partial charge in [0.2, 0.25) is 0 Å². The van der Waals surface area contributed by atoms with Crippen LogP contribution in [0, 0.1) is 11.3 Å². The third-order valence-electron chi connectivity index (χ3n) is 4.17. The van der Waals surface area contributed by atoms with Crippen LogP contribution in [-0.4, -0.2) is 30.0 Å². The molecule has 2 aromatic rings. The maximum absolute atomic E-state index is 12.8. The van der Waals surface area contributed by atoms with E-state index in [0.717, 1.165) is 4.90 Å². The number of carbonyl (C=O) groups is 2. The fourth-order valence-electron chi connectivity index (χ4n) is 2.77. The molecule has 25 heavy (non-hydrogen) atoms. The van der Waals surface area contributed by atoms with Crippen molar-refractivity contribution in [2.24, 2.45) is 0 Å². The summed E-state index contributed by atoms with van der Waals surface area (Å²) in [5.74, 6) is 0.322. The number of nitrogens with zero attached hydrogens (tertiary/aromatic N) is 2. The lowest BCUT2D eigenvalue weighted by molar-refractivity contribution is -0.131. The molecule has 1 saturated heterocycles. The number of imide groups is 1. The summed E-state index contributed by atoms with van der Waals surface area (Å²) >= 11 is 0. The Hall–Kier alpha value is -3.33. The van der Waals surface area contributed by atoms with Crippen LogP contribution in [0.2, 0.25) is 0 Å². The van der Waals surface area contributed by atoms with Crippen molar-refractivity contribution in [1.82, 2.24) is 10.2 Å². The van der Waals surface area contributed by atoms with Crippen LogP contribution in [0.3, 0.4) is 0 Å². The minimum Gasteiger partial charge on any atom is -0.492 e. The Morgan fingerprint density at radius 3 is 2.64 bits per heavy atom. The van der Waals surface area contributed by atoms with Gasteiger partial charge in [-0.2, -0.15) is 5.26 Å². The maximum atomic E-state index is 12.8. The molecule has 0 saturated carbocycles. The number of benzene rings is 2. The van der Waals surface area contributed by atoms with Crippen molar-refractivity contribution < 1.29 is 14.3 Å². The number of ether oxygens (including phenoxy) is 1. The van der Waals surface area contributed by atoms with Crippen LogP contribution >= 0.6 is 0 Å². The second-order valence-corrected chi connectivity index (χ2v) is 5.87. The number of amides is 3. The minimum absolute atomic E-state index is 0.146. The van der Waals surface area contributed by atoms with Crippen molar-refractivity contribution in [3.8, 4) is 11.8 Å². The lowest BCUT2D eigenvalue weighted by Crippen LogP contribution is -2.41.